The molecule has 0 saturated carbocycles. The summed E-state index contributed by atoms with van der Waals surface area (Å²) < 4.78 is 0.693. The fourth-order valence-corrected chi connectivity index (χ4v) is 2.25. The van der Waals surface area contributed by atoms with Gasteiger partial charge in [-0.2, -0.15) is 5.26 Å². The van der Waals surface area contributed by atoms with E-state index in [1.807, 2.05) is 11.4 Å². The van der Waals surface area contributed by atoms with Crippen LogP contribution in [-0.2, 0) is 6.61 Å². The molecule has 0 unspecified atom stereocenters. The van der Waals surface area contributed by atoms with Crippen molar-refractivity contribution in [2.24, 2.45) is 0 Å². The highest BCUT2D eigenvalue weighted by atomic mass is 32.1. The summed E-state index contributed by atoms with van der Waals surface area (Å²) in [6, 6.07) is 5.26. The van der Waals surface area contributed by atoms with Crippen LogP contribution in [0.5, 0.6) is 5.75 Å². The van der Waals surface area contributed by atoms with E-state index in [0.717, 1.165) is 0 Å². The summed E-state index contributed by atoms with van der Waals surface area (Å²) in [4.78, 5) is 0. The topological polar surface area (TPSA) is 64.2 Å². The van der Waals surface area contributed by atoms with Crippen molar-refractivity contribution in [1.29, 1.82) is 5.26 Å². The largest absolute Gasteiger partial charge is 0.506 e. The van der Waals surface area contributed by atoms with Crippen LogP contribution < -0.4 is 0 Å². The van der Waals surface area contributed by atoms with E-state index in [2.05, 4.69) is 0 Å². The number of nitriles is 1. The molecule has 4 heteroatoms. The molecule has 0 aliphatic heterocycles. The number of hydrogen-bond donors (Lipinski definition) is 2. The molecule has 0 fully saturated rings. The number of aromatic hydroxyl groups is 1. The molecular formula is C10H7NO2S. The minimum absolute atomic E-state index is 0.123. The second-order valence-corrected chi connectivity index (χ2v) is 3.78. The average Bonchev–Trinajstić information content (AvgIpc) is 2.66. The Labute approximate surface area is 84.5 Å². The van der Waals surface area contributed by atoms with Crippen LogP contribution in [0, 0.1) is 11.3 Å². The van der Waals surface area contributed by atoms with E-state index in [1.165, 1.54) is 17.4 Å². The first kappa shape index (κ1) is 9.00. The first-order chi connectivity index (χ1) is 6.77. The number of hydrogen-bond acceptors (Lipinski definition) is 4. The summed E-state index contributed by atoms with van der Waals surface area (Å²) in [7, 11) is 0. The predicted octanol–water partition coefficient (Wildman–Crippen LogP) is 1.97. The third-order valence-electron chi connectivity index (χ3n) is 2.08. The molecule has 0 spiro atoms. The number of aliphatic hydroxyl groups is 1. The normalized spacial score (nSPS) is 10.3. The standard InChI is InChI=1S/C10H7NO2S/c11-4-8-6(5-12)3-9(13)10-7(8)1-2-14-10/h1-3,12-13H,5H2. The van der Waals surface area contributed by atoms with Crippen molar-refractivity contribution in [3.63, 3.8) is 0 Å². The molecule has 0 radical (unpaired) electrons. The van der Waals surface area contributed by atoms with Gasteiger partial charge >= 0.3 is 0 Å². The van der Waals surface area contributed by atoms with Gasteiger partial charge in [-0.1, -0.05) is 0 Å². The van der Waals surface area contributed by atoms with Crippen LogP contribution in [-0.4, -0.2) is 10.2 Å². The van der Waals surface area contributed by atoms with Gasteiger partial charge in [-0.3, -0.25) is 0 Å². The molecule has 70 valence electrons. The number of aliphatic hydroxyl groups excluding tert-OH is 1. The average molecular weight is 205 g/mol. The van der Waals surface area contributed by atoms with Crippen LogP contribution in [0.2, 0.25) is 0 Å². The number of nitrogens with zero attached hydrogens (tertiary/aromatic N) is 1. The van der Waals surface area contributed by atoms with Crippen LogP contribution >= 0.6 is 11.3 Å². The quantitative estimate of drug-likeness (QED) is 0.748. The Kier molecular flexibility index (Phi) is 2.12. The molecular weight excluding hydrogens is 198 g/mol. The smallest absolute Gasteiger partial charge is 0.133 e. The van der Waals surface area contributed by atoms with Crippen molar-refractivity contribution in [3.05, 3.63) is 28.6 Å². The van der Waals surface area contributed by atoms with Crippen LogP contribution in [0.25, 0.3) is 10.1 Å². The zero-order chi connectivity index (χ0) is 10.1. The van der Waals surface area contributed by atoms with E-state index in [4.69, 9.17) is 10.4 Å². The molecule has 1 aromatic carbocycles. The van der Waals surface area contributed by atoms with E-state index in [1.54, 1.807) is 6.07 Å². The highest BCUT2D eigenvalue weighted by Crippen LogP contribution is 2.34. The number of rotatable bonds is 1. The molecule has 2 N–H and O–H groups in total. The van der Waals surface area contributed by atoms with Gasteiger partial charge in [-0.25, -0.2) is 0 Å². The van der Waals surface area contributed by atoms with Crippen molar-refractivity contribution < 1.29 is 10.2 Å². The maximum absolute atomic E-state index is 9.58. The first-order valence-corrected chi connectivity index (χ1v) is 4.89. The summed E-state index contributed by atoms with van der Waals surface area (Å²) in [6.45, 7) is -0.234. The lowest BCUT2D eigenvalue weighted by molar-refractivity contribution is 0.281. The molecule has 2 rings (SSSR count). The van der Waals surface area contributed by atoms with Gasteiger partial charge in [0.2, 0.25) is 0 Å². The fraction of sp³-hybridized carbons (Fsp3) is 0.100. The minimum atomic E-state index is -0.234. The Bertz CT molecular complexity index is 525. The van der Waals surface area contributed by atoms with Crippen molar-refractivity contribution in [3.8, 4) is 11.8 Å². The summed E-state index contributed by atoms with van der Waals surface area (Å²) in [5, 5.41) is 30.0. The fourth-order valence-electron chi connectivity index (χ4n) is 1.44. The van der Waals surface area contributed by atoms with Gasteiger partial charge in [0.25, 0.3) is 0 Å². The van der Waals surface area contributed by atoms with E-state index in [0.29, 0.717) is 21.2 Å². The highest BCUT2D eigenvalue weighted by molar-refractivity contribution is 7.17. The van der Waals surface area contributed by atoms with Crippen molar-refractivity contribution in [1.82, 2.24) is 0 Å². The monoisotopic (exact) mass is 205 g/mol. The summed E-state index contributed by atoms with van der Waals surface area (Å²) in [5.74, 6) is 0.123. The second-order valence-electron chi connectivity index (χ2n) is 2.86. The van der Waals surface area contributed by atoms with Gasteiger partial charge < -0.3 is 10.2 Å². The molecule has 3 nitrogen and oxygen atoms in total. The van der Waals surface area contributed by atoms with Crippen LogP contribution in [0.4, 0.5) is 0 Å². The minimum Gasteiger partial charge on any atom is -0.506 e. The van der Waals surface area contributed by atoms with Crippen LogP contribution in [0.3, 0.4) is 0 Å². The van der Waals surface area contributed by atoms with Gasteiger partial charge in [-0.15, -0.1) is 11.3 Å². The second kappa shape index (κ2) is 3.29. The molecule has 0 aliphatic rings. The van der Waals surface area contributed by atoms with Crippen molar-refractivity contribution >= 4 is 21.4 Å². The van der Waals surface area contributed by atoms with Gasteiger partial charge in [0, 0.05) is 5.39 Å². The Morgan fingerprint density at radius 3 is 2.93 bits per heavy atom. The van der Waals surface area contributed by atoms with Crippen molar-refractivity contribution in [2.75, 3.05) is 0 Å². The molecule has 2 aromatic rings. The number of phenols is 1. The Morgan fingerprint density at radius 2 is 2.29 bits per heavy atom. The SMILES string of the molecule is N#Cc1c(CO)cc(O)c2sccc12. The van der Waals surface area contributed by atoms with Crippen LogP contribution in [0.15, 0.2) is 17.5 Å². The molecule has 1 heterocycles. The van der Waals surface area contributed by atoms with Crippen molar-refractivity contribution in [2.45, 2.75) is 6.61 Å². The number of benzene rings is 1. The Balaban J connectivity index is 2.91. The van der Waals surface area contributed by atoms with E-state index in [9.17, 15) is 5.11 Å². The van der Waals surface area contributed by atoms with Gasteiger partial charge in [0.1, 0.15) is 11.8 Å². The molecule has 14 heavy (non-hydrogen) atoms. The van der Waals surface area contributed by atoms with E-state index in [-0.39, 0.29) is 12.4 Å². The molecule has 1 aromatic heterocycles. The number of thiophene rings is 1. The summed E-state index contributed by atoms with van der Waals surface area (Å²) in [6.07, 6.45) is 0. The third-order valence-corrected chi connectivity index (χ3v) is 3.02. The lowest BCUT2D eigenvalue weighted by Crippen LogP contribution is -1.89. The predicted molar refractivity (Wildman–Crippen MR) is 54.1 cm³/mol. The zero-order valence-corrected chi connectivity index (χ0v) is 8.01. The highest BCUT2D eigenvalue weighted by Gasteiger charge is 2.11. The first-order valence-electron chi connectivity index (χ1n) is 4.01. The molecule has 0 amide bonds. The maximum atomic E-state index is 9.58. The number of phenolic OH excluding ortho intramolecular Hbond substituents is 1. The molecule has 0 bridgehead atoms. The third kappa shape index (κ3) is 1.15. The van der Waals surface area contributed by atoms with E-state index < -0.39 is 0 Å². The zero-order valence-electron chi connectivity index (χ0n) is 7.19. The van der Waals surface area contributed by atoms with Gasteiger partial charge in [-0.05, 0) is 23.1 Å². The lowest BCUT2D eigenvalue weighted by atomic mass is 10.0. The summed E-state index contributed by atoms with van der Waals surface area (Å²) >= 11 is 1.38. The molecule has 0 atom stereocenters. The van der Waals surface area contributed by atoms with E-state index >= 15 is 0 Å². The molecule has 0 aliphatic carbocycles. The lowest BCUT2D eigenvalue weighted by Gasteiger charge is -2.03. The Hall–Kier alpha value is -1.57. The van der Waals surface area contributed by atoms with Gasteiger partial charge in [0.05, 0.1) is 16.9 Å². The van der Waals surface area contributed by atoms with Gasteiger partial charge in [0.15, 0.2) is 0 Å². The molecule has 0 saturated heterocycles. The maximum Gasteiger partial charge on any atom is 0.133 e. The summed E-state index contributed by atoms with van der Waals surface area (Å²) in [5.41, 5.74) is 0.914. The van der Waals surface area contributed by atoms with Crippen LogP contribution in [0.1, 0.15) is 11.1 Å². The Morgan fingerprint density at radius 1 is 1.50 bits per heavy atom. The number of fused-ring (bicyclic) bond motifs is 1.